The van der Waals surface area contributed by atoms with Gasteiger partial charge in [0.25, 0.3) is 5.91 Å². The summed E-state index contributed by atoms with van der Waals surface area (Å²) in [4.78, 5) is 19.5. The van der Waals surface area contributed by atoms with Crippen molar-refractivity contribution < 1.29 is 17.9 Å². The number of carbonyl (C=O) groups is 1. The van der Waals surface area contributed by atoms with Gasteiger partial charge in [-0.2, -0.15) is 4.31 Å². The number of hydrogen-bond acceptors (Lipinski definition) is 7. The minimum Gasteiger partial charge on any atom is -0.379 e. The van der Waals surface area contributed by atoms with Gasteiger partial charge in [0, 0.05) is 43.7 Å². The lowest BCUT2D eigenvalue weighted by atomic mass is 10.2. The molecule has 2 aromatic rings. The van der Waals surface area contributed by atoms with Crippen molar-refractivity contribution in [3.63, 3.8) is 0 Å². The van der Waals surface area contributed by atoms with Crippen molar-refractivity contribution >= 4 is 44.0 Å². The first kappa shape index (κ1) is 22.6. The first-order chi connectivity index (χ1) is 14.9. The van der Waals surface area contributed by atoms with Gasteiger partial charge in [-0.3, -0.25) is 15.0 Å². The molecule has 2 aliphatic rings. The van der Waals surface area contributed by atoms with Crippen LogP contribution < -0.4 is 5.32 Å². The molecule has 4 rings (SSSR count). The molecule has 1 amide bonds. The summed E-state index contributed by atoms with van der Waals surface area (Å²) in [5.41, 5.74) is 1.11. The summed E-state index contributed by atoms with van der Waals surface area (Å²) in [6, 6.07) is 4.33. The van der Waals surface area contributed by atoms with Crippen LogP contribution in [-0.4, -0.2) is 67.9 Å². The summed E-state index contributed by atoms with van der Waals surface area (Å²) in [5, 5.41) is 5.27. The number of nitrogens with one attached hydrogen (secondary N) is 1. The molecule has 0 radical (unpaired) electrons. The van der Waals surface area contributed by atoms with E-state index >= 15 is 0 Å². The topological polar surface area (TPSA) is 91.8 Å². The Bertz CT molecular complexity index is 1030. The summed E-state index contributed by atoms with van der Waals surface area (Å²) in [6.07, 6.45) is 2.67. The molecule has 2 aliphatic heterocycles. The number of aromatic nitrogens is 1. The van der Waals surface area contributed by atoms with E-state index in [9.17, 15) is 13.2 Å². The lowest BCUT2D eigenvalue weighted by molar-refractivity contribution is 0.0337. The maximum absolute atomic E-state index is 13.0. The number of benzene rings is 1. The highest BCUT2D eigenvalue weighted by Crippen LogP contribution is 2.28. The molecular weight excluding hydrogens is 460 g/mol. The molecule has 0 atom stereocenters. The van der Waals surface area contributed by atoms with Crippen LogP contribution >= 0.6 is 22.9 Å². The SMILES string of the molecule is O=C(Nc1nc(CN2CCOCC2)cs1)c1ccc(Cl)c(S(=O)(=O)N2CCCCC2)c1. The Morgan fingerprint density at radius 1 is 1.16 bits per heavy atom. The molecule has 0 unspecified atom stereocenters. The van der Waals surface area contributed by atoms with Gasteiger partial charge in [-0.1, -0.05) is 18.0 Å². The second kappa shape index (κ2) is 9.93. The van der Waals surface area contributed by atoms with E-state index in [1.54, 1.807) is 0 Å². The third kappa shape index (κ3) is 5.44. The molecule has 0 spiro atoms. The van der Waals surface area contributed by atoms with Gasteiger partial charge >= 0.3 is 0 Å². The van der Waals surface area contributed by atoms with Crippen LogP contribution in [0.3, 0.4) is 0 Å². The summed E-state index contributed by atoms with van der Waals surface area (Å²) >= 11 is 7.54. The maximum atomic E-state index is 13.0. The number of carbonyl (C=O) groups excluding carboxylic acids is 1. The second-order valence-electron chi connectivity index (χ2n) is 7.60. The maximum Gasteiger partial charge on any atom is 0.257 e. The van der Waals surface area contributed by atoms with Crippen LogP contribution in [0.25, 0.3) is 0 Å². The van der Waals surface area contributed by atoms with E-state index < -0.39 is 15.9 Å². The Kier molecular flexibility index (Phi) is 7.25. The van der Waals surface area contributed by atoms with Crippen molar-refractivity contribution in [2.75, 3.05) is 44.7 Å². The van der Waals surface area contributed by atoms with Crippen molar-refractivity contribution in [3.8, 4) is 0 Å². The Morgan fingerprint density at radius 3 is 2.65 bits per heavy atom. The fourth-order valence-corrected chi connectivity index (χ4v) is 6.40. The molecule has 11 heteroatoms. The van der Waals surface area contributed by atoms with Gasteiger partial charge in [-0.25, -0.2) is 13.4 Å². The standard InChI is InChI=1S/C20H25ClN4O4S2/c21-17-5-4-15(12-18(17)31(27,28)25-6-2-1-3-7-25)19(26)23-20-22-16(14-30-20)13-24-8-10-29-11-9-24/h4-5,12,14H,1-3,6-11,13H2,(H,22,23,26). The highest BCUT2D eigenvalue weighted by molar-refractivity contribution is 7.89. The zero-order valence-corrected chi connectivity index (χ0v) is 19.4. The Labute approximate surface area is 191 Å². The Balaban J connectivity index is 1.46. The zero-order valence-electron chi connectivity index (χ0n) is 17.0. The highest BCUT2D eigenvalue weighted by Gasteiger charge is 2.29. The van der Waals surface area contributed by atoms with Crippen LogP contribution in [0.5, 0.6) is 0 Å². The van der Waals surface area contributed by atoms with Crippen molar-refractivity contribution in [3.05, 3.63) is 39.9 Å². The minimum absolute atomic E-state index is 0.0316. The summed E-state index contributed by atoms with van der Waals surface area (Å²) in [7, 11) is -3.74. The van der Waals surface area contributed by atoms with Crippen LogP contribution in [0.1, 0.15) is 35.3 Å². The van der Waals surface area contributed by atoms with E-state index in [1.165, 1.54) is 33.8 Å². The Morgan fingerprint density at radius 2 is 1.90 bits per heavy atom. The molecule has 0 bridgehead atoms. The number of morpholine rings is 1. The molecule has 2 fully saturated rings. The molecule has 31 heavy (non-hydrogen) atoms. The molecule has 3 heterocycles. The predicted octanol–water partition coefficient (Wildman–Crippen LogP) is 3.06. The van der Waals surface area contributed by atoms with Crippen LogP contribution in [0.2, 0.25) is 5.02 Å². The predicted molar refractivity (Wildman–Crippen MR) is 120 cm³/mol. The largest absolute Gasteiger partial charge is 0.379 e. The lowest BCUT2D eigenvalue weighted by Crippen LogP contribution is -2.35. The number of amides is 1. The molecule has 1 aromatic heterocycles. The average molecular weight is 485 g/mol. The third-order valence-electron chi connectivity index (χ3n) is 5.39. The number of sulfonamides is 1. The highest BCUT2D eigenvalue weighted by atomic mass is 35.5. The number of hydrogen-bond donors (Lipinski definition) is 1. The van der Waals surface area contributed by atoms with Gasteiger partial charge in [0.05, 0.1) is 23.9 Å². The quantitative estimate of drug-likeness (QED) is 0.677. The monoisotopic (exact) mass is 484 g/mol. The fraction of sp³-hybridized carbons (Fsp3) is 0.500. The number of anilines is 1. The van der Waals surface area contributed by atoms with Gasteiger partial charge in [0.1, 0.15) is 4.90 Å². The van der Waals surface area contributed by atoms with Crippen molar-refractivity contribution in [1.29, 1.82) is 0 Å². The van der Waals surface area contributed by atoms with E-state index in [0.717, 1.165) is 38.0 Å². The molecule has 1 aromatic carbocycles. The molecular formula is C20H25ClN4O4S2. The van der Waals surface area contributed by atoms with Crippen molar-refractivity contribution in [2.24, 2.45) is 0 Å². The van der Waals surface area contributed by atoms with E-state index in [4.69, 9.17) is 16.3 Å². The third-order valence-corrected chi connectivity index (χ3v) is 8.57. The molecule has 0 saturated carbocycles. The first-order valence-corrected chi connectivity index (χ1v) is 13.0. The van der Waals surface area contributed by atoms with Gasteiger partial charge in [-0.05, 0) is 31.0 Å². The van der Waals surface area contributed by atoms with Crippen LogP contribution in [-0.2, 0) is 21.3 Å². The van der Waals surface area contributed by atoms with Gasteiger partial charge in [0.2, 0.25) is 10.0 Å². The number of ether oxygens (including phenoxy) is 1. The number of nitrogens with zero attached hydrogens (tertiary/aromatic N) is 3. The van der Waals surface area contributed by atoms with Crippen LogP contribution in [0.15, 0.2) is 28.5 Å². The number of halogens is 1. The smallest absolute Gasteiger partial charge is 0.257 e. The summed E-state index contributed by atoms with van der Waals surface area (Å²) in [6.45, 7) is 4.80. The number of thiazole rings is 1. The van der Waals surface area contributed by atoms with Gasteiger partial charge in [-0.15, -0.1) is 11.3 Å². The fourth-order valence-electron chi connectivity index (χ4n) is 3.68. The molecule has 168 valence electrons. The van der Waals surface area contributed by atoms with E-state index in [-0.39, 0.29) is 15.5 Å². The van der Waals surface area contributed by atoms with Gasteiger partial charge in [0.15, 0.2) is 5.13 Å². The van der Waals surface area contributed by atoms with Crippen LogP contribution in [0, 0.1) is 0 Å². The molecule has 8 nitrogen and oxygen atoms in total. The van der Waals surface area contributed by atoms with Crippen LogP contribution in [0.4, 0.5) is 5.13 Å². The van der Waals surface area contributed by atoms with E-state index in [2.05, 4.69) is 15.2 Å². The molecule has 2 saturated heterocycles. The molecule has 1 N–H and O–H groups in total. The minimum atomic E-state index is -3.74. The first-order valence-electron chi connectivity index (χ1n) is 10.3. The van der Waals surface area contributed by atoms with E-state index in [0.29, 0.717) is 38.0 Å². The van der Waals surface area contributed by atoms with Gasteiger partial charge < -0.3 is 4.74 Å². The average Bonchev–Trinajstić information content (AvgIpc) is 3.21. The van der Waals surface area contributed by atoms with E-state index in [1.807, 2.05) is 5.38 Å². The summed E-state index contributed by atoms with van der Waals surface area (Å²) in [5.74, 6) is -0.418. The van der Waals surface area contributed by atoms with Crippen molar-refractivity contribution in [1.82, 2.24) is 14.2 Å². The normalized spacial score (nSPS) is 18.7. The Hall–Kier alpha value is -1.56. The lowest BCUT2D eigenvalue weighted by Gasteiger charge is -2.26. The van der Waals surface area contributed by atoms with Crippen molar-refractivity contribution in [2.45, 2.75) is 30.7 Å². The zero-order chi connectivity index (χ0) is 21.8. The second-order valence-corrected chi connectivity index (χ2v) is 10.8. The number of piperidine rings is 1. The summed E-state index contributed by atoms with van der Waals surface area (Å²) < 4.78 is 32.8. The molecule has 0 aliphatic carbocycles. The number of rotatable bonds is 6.